The second kappa shape index (κ2) is 62.3. The Morgan fingerprint density at radius 1 is 0.415 bits per heavy atom. The van der Waals surface area contributed by atoms with Crippen LogP contribution in [0.5, 0.6) is 0 Å². The highest BCUT2D eigenvalue weighted by atomic mass is 31.2. The Bertz CT molecular complexity index is 1500. The molecule has 0 aliphatic carbocycles. The van der Waals surface area contributed by atoms with Crippen LogP contribution < -0.4 is 10.2 Å². The lowest BCUT2D eigenvalue weighted by Crippen LogP contribution is -2.47. The van der Waals surface area contributed by atoms with Crippen molar-refractivity contribution in [2.24, 2.45) is 0 Å². The molecule has 0 aliphatic heterocycles. The number of rotatable bonds is 66. The molecule has 0 aromatic rings. The zero-order valence-electron chi connectivity index (χ0n) is 55.5. The predicted molar refractivity (Wildman–Crippen MR) is 353 cm³/mol. The first-order valence-electron chi connectivity index (χ1n) is 35.8. The fraction of sp³-hybridized carbons (Fsp3) is 0.889. The molecule has 0 spiro atoms. The number of phosphoric acid groups is 1. The van der Waals surface area contributed by atoms with E-state index in [0.717, 1.165) is 70.6 Å². The summed E-state index contributed by atoms with van der Waals surface area (Å²) >= 11 is 0. The Morgan fingerprint density at radius 2 is 0.707 bits per heavy atom. The number of esters is 1. The van der Waals surface area contributed by atoms with Crippen molar-refractivity contribution in [3.05, 3.63) is 36.5 Å². The monoisotopic (exact) mass is 1180 g/mol. The largest absolute Gasteiger partial charge is 0.756 e. The summed E-state index contributed by atoms with van der Waals surface area (Å²) in [6.07, 6.45) is 77.0. The van der Waals surface area contributed by atoms with Crippen LogP contribution in [0.1, 0.15) is 361 Å². The number of nitrogens with one attached hydrogen (secondary N) is 1. The van der Waals surface area contributed by atoms with Crippen LogP contribution in [-0.2, 0) is 27.9 Å². The Hall–Kier alpha value is -1.77. The summed E-state index contributed by atoms with van der Waals surface area (Å²) in [5, 5.41) is 3.04. The smallest absolute Gasteiger partial charge is 0.306 e. The average molecular weight is 1180 g/mol. The molecule has 82 heavy (non-hydrogen) atoms. The van der Waals surface area contributed by atoms with E-state index in [1.54, 1.807) is 0 Å². The van der Waals surface area contributed by atoms with Gasteiger partial charge in [0.1, 0.15) is 19.3 Å². The topological polar surface area (TPSA) is 114 Å². The number of ether oxygens (including phenoxy) is 1. The summed E-state index contributed by atoms with van der Waals surface area (Å²) in [5.74, 6) is -0.528. The summed E-state index contributed by atoms with van der Waals surface area (Å²) in [6.45, 7) is 6.88. The fourth-order valence-corrected chi connectivity index (χ4v) is 11.5. The molecular weight excluding hydrogens is 1040 g/mol. The van der Waals surface area contributed by atoms with Gasteiger partial charge in [0.2, 0.25) is 5.91 Å². The van der Waals surface area contributed by atoms with Crippen LogP contribution >= 0.6 is 7.82 Å². The standard InChI is InChI=1S/C72H139N2O7P/c1-7-10-13-16-19-22-25-28-30-32-33-34-35-36-37-38-39-40-41-43-45-47-50-53-56-59-62-65-72(76)81-70(63-60-57-54-51-48-27-24-21-18-15-12-9-3)69(68-80-82(77,78)79-67-66-74(4,5)6)73-71(75)64-61-58-55-52-49-46-44-42-31-29-26-23-20-17-14-11-8-2/h28-31,60,63,69-70H,7-27,32-59,61-62,64-68H2,1-6H3,(H-,73,75,77,78)/b30-28+,31-29+,63-60-. The van der Waals surface area contributed by atoms with Crippen LogP contribution in [0, 0.1) is 0 Å². The Kier molecular flexibility index (Phi) is 60.9. The maximum atomic E-state index is 13.6. The van der Waals surface area contributed by atoms with E-state index < -0.39 is 20.0 Å². The molecule has 9 nitrogen and oxygen atoms in total. The predicted octanol–water partition coefficient (Wildman–Crippen LogP) is 22.0. The van der Waals surface area contributed by atoms with E-state index in [-0.39, 0.29) is 31.5 Å². The van der Waals surface area contributed by atoms with E-state index in [0.29, 0.717) is 17.4 Å². The van der Waals surface area contributed by atoms with Crippen molar-refractivity contribution in [1.82, 2.24) is 5.32 Å². The number of nitrogens with zero attached hydrogens (tertiary/aromatic N) is 1. The lowest BCUT2D eigenvalue weighted by atomic mass is 10.0. The third-order valence-corrected chi connectivity index (χ3v) is 17.3. The molecule has 0 aromatic heterocycles. The normalized spacial score (nSPS) is 13.7. The van der Waals surface area contributed by atoms with Gasteiger partial charge in [-0.2, -0.15) is 0 Å². The van der Waals surface area contributed by atoms with Crippen LogP contribution in [0.4, 0.5) is 0 Å². The number of amides is 1. The van der Waals surface area contributed by atoms with Crippen molar-refractivity contribution < 1.29 is 37.3 Å². The molecule has 3 atom stereocenters. The molecule has 0 saturated heterocycles. The van der Waals surface area contributed by atoms with Crippen LogP contribution in [0.2, 0.25) is 0 Å². The van der Waals surface area contributed by atoms with Crippen molar-refractivity contribution in [2.75, 3.05) is 40.9 Å². The molecular formula is C72H139N2O7P. The lowest BCUT2D eigenvalue weighted by Gasteiger charge is -2.30. The number of carbonyl (C=O) groups excluding carboxylic acids is 2. The third-order valence-electron chi connectivity index (χ3n) is 16.3. The zero-order valence-corrected chi connectivity index (χ0v) is 56.4. The van der Waals surface area contributed by atoms with Gasteiger partial charge in [0.25, 0.3) is 7.82 Å². The minimum Gasteiger partial charge on any atom is -0.756 e. The molecule has 0 rings (SSSR count). The van der Waals surface area contributed by atoms with Crippen molar-refractivity contribution in [3.8, 4) is 0 Å². The number of hydrogen-bond acceptors (Lipinski definition) is 7. The maximum absolute atomic E-state index is 13.6. The summed E-state index contributed by atoms with van der Waals surface area (Å²) in [6, 6.07) is -0.887. The van der Waals surface area contributed by atoms with Gasteiger partial charge in [-0.05, 0) is 83.1 Å². The van der Waals surface area contributed by atoms with Gasteiger partial charge < -0.3 is 28.5 Å². The summed E-state index contributed by atoms with van der Waals surface area (Å²) < 4.78 is 30.4. The Morgan fingerprint density at radius 3 is 1.04 bits per heavy atom. The molecule has 0 bridgehead atoms. The molecule has 0 saturated carbocycles. The molecule has 0 fully saturated rings. The molecule has 0 aromatic carbocycles. The fourth-order valence-electron chi connectivity index (χ4n) is 10.8. The van der Waals surface area contributed by atoms with Crippen molar-refractivity contribution in [2.45, 2.75) is 373 Å². The highest BCUT2D eigenvalue weighted by Crippen LogP contribution is 2.38. The van der Waals surface area contributed by atoms with E-state index in [1.165, 1.54) is 257 Å². The second-order valence-corrected chi connectivity index (χ2v) is 27.1. The van der Waals surface area contributed by atoms with Crippen LogP contribution in [-0.4, -0.2) is 69.4 Å². The Balaban J connectivity index is 4.98. The Labute approximate surface area is 510 Å². The average Bonchev–Trinajstić information content (AvgIpc) is 3.44. The van der Waals surface area contributed by atoms with Gasteiger partial charge in [-0.25, -0.2) is 0 Å². The lowest BCUT2D eigenvalue weighted by molar-refractivity contribution is -0.870. The van der Waals surface area contributed by atoms with E-state index in [2.05, 4.69) is 50.4 Å². The maximum Gasteiger partial charge on any atom is 0.306 e. The van der Waals surface area contributed by atoms with E-state index in [9.17, 15) is 19.0 Å². The summed E-state index contributed by atoms with van der Waals surface area (Å²) in [4.78, 5) is 40.1. The number of carbonyl (C=O) groups is 2. The minimum absolute atomic E-state index is 0.0205. The number of hydrogen-bond donors (Lipinski definition) is 1. The first kappa shape index (κ1) is 80.2. The number of likely N-dealkylation sites (N-methyl/N-ethyl adjacent to an activating group) is 1. The van der Waals surface area contributed by atoms with Gasteiger partial charge in [0.15, 0.2) is 0 Å². The molecule has 1 amide bonds. The second-order valence-electron chi connectivity index (χ2n) is 25.7. The van der Waals surface area contributed by atoms with Crippen LogP contribution in [0.3, 0.4) is 0 Å². The molecule has 1 N–H and O–H groups in total. The van der Waals surface area contributed by atoms with Crippen LogP contribution in [0.15, 0.2) is 36.5 Å². The molecule has 0 heterocycles. The minimum atomic E-state index is -4.70. The van der Waals surface area contributed by atoms with Crippen molar-refractivity contribution in [3.63, 3.8) is 0 Å². The quantitative estimate of drug-likeness (QED) is 0.0212. The summed E-state index contributed by atoms with van der Waals surface area (Å²) in [5.41, 5.74) is 0. The highest BCUT2D eigenvalue weighted by molar-refractivity contribution is 7.45. The van der Waals surface area contributed by atoms with E-state index in [4.69, 9.17) is 13.8 Å². The van der Waals surface area contributed by atoms with Gasteiger partial charge >= 0.3 is 5.97 Å². The van der Waals surface area contributed by atoms with Crippen molar-refractivity contribution >= 4 is 19.7 Å². The van der Waals surface area contributed by atoms with Gasteiger partial charge in [0.05, 0.1) is 33.8 Å². The van der Waals surface area contributed by atoms with E-state index in [1.807, 2.05) is 33.3 Å². The van der Waals surface area contributed by atoms with Gasteiger partial charge in [-0.15, -0.1) is 0 Å². The first-order chi connectivity index (χ1) is 39.9. The molecule has 3 unspecified atom stereocenters. The zero-order chi connectivity index (χ0) is 60.0. The highest BCUT2D eigenvalue weighted by Gasteiger charge is 2.27. The molecule has 10 heteroatoms. The summed E-state index contributed by atoms with van der Waals surface area (Å²) in [7, 11) is 1.20. The van der Waals surface area contributed by atoms with Gasteiger partial charge in [-0.3, -0.25) is 14.2 Å². The number of quaternary nitrogens is 1. The number of allylic oxidation sites excluding steroid dienone is 5. The van der Waals surface area contributed by atoms with Crippen molar-refractivity contribution in [1.29, 1.82) is 0 Å². The molecule has 484 valence electrons. The molecule has 0 aliphatic rings. The first-order valence-corrected chi connectivity index (χ1v) is 37.3. The number of unbranched alkanes of at least 4 members (excludes halogenated alkanes) is 46. The third kappa shape index (κ3) is 62.8. The SMILES string of the molecule is CCCCCCCC/C=C/CCCCCCCCCCCCCCCCCCCC(=O)OC(/C=C\CCCCCCCCCCCC)C(COP(=O)([O-])OCC[N+](C)(C)C)NC(=O)CCCCCCCCC/C=C/CCCCCCCC. The van der Waals surface area contributed by atoms with Crippen LogP contribution in [0.25, 0.3) is 0 Å². The molecule has 0 radical (unpaired) electrons. The van der Waals surface area contributed by atoms with Gasteiger partial charge in [-0.1, -0.05) is 302 Å². The number of phosphoric ester groups is 1. The van der Waals surface area contributed by atoms with Gasteiger partial charge in [0, 0.05) is 12.8 Å². The van der Waals surface area contributed by atoms with E-state index >= 15 is 0 Å².